The first-order valence-corrected chi connectivity index (χ1v) is 8.36. The van der Waals surface area contributed by atoms with Crippen molar-refractivity contribution in [2.24, 2.45) is 5.41 Å². The van der Waals surface area contributed by atoms with Gasteiger partial charge in [0.2, 0.25) is 0 Å². The fourth-order valence-electron chi connectivity index (χ4n) is 3.64. The normalized spacial score (nSPS) is 25.5. The molecule has 1 aliphatic heterocycles. The number of hydrogen-bond donors (Lipinski definition) is 1. The fraction of sp³-hybridized carbons (Fsp3) is 0.667. The summed E-state index contributed by atoms with van der Waals surface area (Å²) in [5.74, 6) is 0.937. The highest BCUT2D eigenvalue weighted by atomic mass is 16.5. The predicted octanol–water partition coefficient (Wildman–Crippen LogP) is 3.70. The van der Waals surface area contributed by atoms with Crippen molar-refractivity contribution in [3.8, 4) is 5.75 Å². The van der Waals surface area contributed by atoms with Crippen LogP contribution in [0.5, 0.6) is 5.75 Å². The van der Waals surface area contributed by atoms with Crippen molar-refractivity contribution >= 4 is 0 Å². The molecule has 1 saturated heterocycles. The van der Waals surface area contributed by atoms with E-state index in [1.165, 1.54) is 37.7 Å². The third kappa shape index (κ3) is 3.58. The molecule has 3 rings (SSSR count). The minimum absolute atomic E-state index is 0.168. The lowest BCUT2D eigenvalue weighted by molar-refractivity contribution is -0.00142. The second kappa shape index (κ2) is 6.80. The van der Waals surface area contributed by atoms with E-state index in [9.17, 15) is 0 Å². The molecule has 0 radical (unpaired) electrons. The first kappa shape index (κ1) is 14.9. The third-order valence-electron chi connectivity index (χ3n) is 4.90. The topological polar surface area (TPSA) is 30.5 Å². The Kier molecular flexibility index (Phi) is 4.81. The van der Waals surface area contributed by atoms with Gasteiger partial charge in [0, 0.05) is 18.5 Å². The lowest BCUT2D eigenvalue weighted by Gasteiger charge is -2.35. The number of ether oxygens (including phenoxy) is 2. The summed E-state index contributed by atoms with van der Waals surface area (Å²) in [7, 11) is 0. The molecule has 1 aromatic carbocycles. The van der Waals surface area contributed by atoms with Gasteiger partial charge >= 0.3 is 0 Å². The molecule has 3 nitrogen and oxygen atoms in total. The van der Waals surface area contributed by atoms with E-state index < -0.39 is 0 Å². The zero-order valence-electron chi connectivity index (χ0n) is 13.1. The zero-order valence-corrected chi connectivity index (χ0v) is 13.1. The first-order chi connectivity index (χ1) is 10.3. The molecule has 1 aromatic rings. The molecule has 2 fully saturated rings. The van der Waals surface area contributed by atoms with Crippen LogP contribution >= 0.6 is 0 Å². The molecule has 0 bridgehead atoms. The highest BCUT2D eigenvalue weighted by Gasteiger charge is 2.35. The minimum atomic E-state index is 0.168. The fourth-order valence-corrected chi connectivity index (χ4v) is 3.64. The number of rotatable bonds is 3. The van der Waals surface area contributed by atoms with E-state index in [-0.39, 0.29) is 6.10 Å². The number of benzene rings is 1. The lowest BCUT2D eigenvalue weighted by Crippen LogP contribution is -2.37. The Labute approximate surface area is 128 Å². The molecule has 3 heteroatoms. The van der Waals surface area contributed by atoms with Crippen molar-refractivity contribution in [2.45, 2.75) is 45.1 Å². The van der Waals surface area contributed by atoms with Crippen LogP contribution in [0.4, 0.5) is 0 Å². The second-order valence-electron chi connectivity index (χ2n) is 6.49. The second-order valence-corrected chi connectivity index (χ2v) is 6.49. The quantitative estimate of drug-likeness (QED) is 0.920. The molecule has 0 amide bonds. The Morgan fingerprint density at radius 3 is 2.67 bits per heavy atom. The summed E-state index contributed by atoms with van der Waals surface area (Å²) in [5.41, 5.74) is 1.64. The SMILES string of the molecule is CCOc1ccc(C2CNCC3(CCCCC3)CO2)cc1. The Balaban J connectivity index is 1.64. The molecular formula is C18H27NO2. The van der Waals surface area contributed by atoms with E-state index in [1.54, 1.807) is 0 Å². The maximum atomic E-state index is 6.28. The standard InChI is InChI=1S/C18H27NO2/c1-2-20-16-8-6-15(7-9-16)17-12-19-13-18(14-21-17)10-4-3-5-11-18/h6-9,17,19H,2-5,10-14H2,1H3. The molecule has 21 heavy (non-hydrogen) atoms. The summed E-state index contributed by atoms with van der Waals surface area (Å²) in [4.78, 5) is 0. The van der Waals surface area contributed by atoms with Crippen molar-refractivity contribution in [3.05, 3.63) is 29.8 Å². The van der Waals surface area contributed by atoms with Gasteiger partial charge in [0.1, 0.15) is 5.75 Å². The molecule has 1 heterocycles. The molecular weight excluding hydrogens is 262 g/mol. The van der Waals surface area contributed by atoms with Crippen LogP contribution in [-0.2, 0) is 4.74 Å². The van der Waals surface area contributed by atoms with E-state index in [0.29, 0.717) is 12.0 Å². The zero-order chi connectivity index (χ0) is 14.5. The summed E-state index contributed by atoms with van der Waals surface area (Å²) in [6.07, 6.45) is 6.91. The van der Waals surface area contributed by atoms with E-state index in [2.05, 4.69) is 17.4 Å². The van der Waals surface area contributed by atoms with Gasteiger partial charge in [0.05, 0.1) is 19.3 Å². The van der Waals surface area contributed by atoms with Crippen molar-refractivity contribution in [3.63, 3.8) is 0 Å². The van der Waals surface area contributed by atoms with Crippen LogP contribution in [0, 0.1) is 5.41 Å². The van der Waals surface area contributed by atoms with Crippen LogP contribution in [-0.4, -0.2) is 26.3 Å². The van der Waals surface area contributed by atoms with Gasteiger partial charge in [0.15, 0.2) is 0 Å². The summed E-state index contributed by atoms with van der Waals surface area (Å²) in [6, 6.07) is 8.36. The highest BCUT2D eigenvalue weighted by molar-refractivity contribution is 5.29. The molecule has 1 spiro atoms. The van der Waals surface area contributed by atoms with Gasteiger partial charge in [-0.1, -0.05) is 31.4 Å². The van der Waals surface area contributed by atoms with Crippen LogP contribution in [0.3, 0.4) is 0 Å². The molecule has 1 unspecified atom stereocenters. The number of nitrogens with one attached hydrogen (secondary N) is 1. The summed E-state index contributed by atoms with van der Waals surface area (Å²) < 4.78 is 11.8. The maximum Gasteiger partial charge on any atom is 0.119 e. The van der Waals surface area contributed by atoms with Crippen molar-refractivity contribution in [1.82, 2.24) is 5.32 Å². The summed E-state index contributed by atoms with van der Waals surface area (Å²) in [5, 5.41) is 3.64. The van der Waals surface area contributed by atoms with Crippen LogP contribution in [0.1, 0.15) is 50.7 Å². The largest absolute Gasteiger partial charge is 0.494 e. The first-order valence-electron chi connectivity index (χ1n) is 8.36. The Hall–Kier alpha value is -1.06. The minimum Gasteiger partial charge on any atom is -0.494 e. The summed E-state index contributed by atoms with van der Waals surface area (Å²) in [6.45, 7) is 5.65. The van der Waals surface area contributed by atoms with E-state index in [0.717, 1.165) is 25.4 Å². The van der Waals surface area contributed by atoms with E-state index in [4.69, 9.17) is 9.47 Å². The third-order valence-corrected chi connectivity index (χ3v) is 4.90. The van der Waals surface area contributed by atoms with Crippen LogP contribution in [0.25, 0.3) is 0 Å². The van der Waals surface area contributed by atoms with Crippen LogP contribution in [0.15, 0.2) is 24.3 Å². The summed E-state index contributed by atoms with van der Waals surface area (Å²) >= 11 is 0. The lowest BCUT2D eigenvalue weighted by atomic mass is 9.74. The molecule has 2 aliphatic rings. The Morgan fingerprint density at radius 2 is 1.95 bits per heavy atom. The monoisotopic (exact) mass is 289 g/mol. The molecule has 1 aliphatic carbocycles. The van der Waals surface area contributed by atoms with Gasteiger partial charge in [-0.2, -0.15) is 0 Å². The highest BCUT2D eigenvalue weighted by Crippen LogP contribution is 2.38. The molecule has 116 valence electrons. The molecule has 0 aromatic heterocycles. The van der Waals surface area contributed by atoms with Gasteiger partial charge in [-0.15, -0.1) is 0 Å². The van der Waals surface area contributed by atoms with Gasteiger partial charge in [-0.05, 0) is 37.5 Å². The van der Waals surface area contributed by atoms with Crippen molar-refractivity contribution in [2.75, 3.05) is 26.3 Å². The van der Waals surface area contributed by atoms with E-state index >= 15 is 0 Å². The van der Waals surface area contributed by atoms with Crippen LogP contribution < -0.4 is 10.1 Å². The maximum absolute atomic E-state index is 6.28. The smallest absolute Gasteiger partial charge is 0.119 e. The predicted molar refractivity (Wildman–Crippen MR) is 84.7 cm³/mol. The van der Waals surface area contributed by atoms with Gasteiger partial charge in [-0.25, -0.2) is 0 Å². The average molecular weight is 289 g/mol. The Morgan fingerprint density at radius 1 is 1.19 bits per heavy atom. The van der Waals surface area contributed by atoms with Crippen molar-refractivity contribution in [1.29, 1.82) is 0 Å². The number of hydrogen-bond acceptors (Lipinski definition) is 3. The van der Waals surface area contributed by atoms with Crippen molar-refractivity contribution < 1.29 is 9.47 Å². The molecule has 1 atom stereocenters. The van der Waals surface area contributed by atoms with Gasteiger partial charge < -0.3 is 14.8 Å². The average Bonchev–Trinajstić information content (AvgIpc) is 2.72. The van der Waals surface area contributed by atoms with Gasteiger partial charge in [0.25, 0.3) is 0 Å². The van der Waals surface area contributed by atoms with Crippen LogP contribution in [0.2, 0.25) is 0 Å². The molecule has 1 saturated carbocycles. The Bertz CT molecular complexity index is 437. The molecule has 1 N–H and O–H groups in total. The van der Waals surface area contributed by atoms with Gasteiger partial charge in [-0.3, -0.25) is 0 Å². The van der Waals surface area contributed by atoms with E-state index in [1.807, 2.05) is 19.1 Å².